The average Bonchev–Trinajstić information content (AvgIpc) is 2.88. The molecule has 2 aromatic rings. The maximum atomic E-state index is 9.90. The van der Waals surface area contributed by atoms with Crippen LogP contribution in [0.5, 0.6) is 5.75 Å². The Morgan fingerprint density at radius 1 is 1.24 bits per heavy atom. The second-order valence-electron chi connectivity index (χ2n) is 5.40. The van der Waals surface area contributed by atoms with Crippen LogP contribution in [0.25, 0.3) is 11.4 Å². The quantitative estimate of drug-likeness (QED) is 0.884. The van der Waals surface area contributed by atoms with Crippen LogP contribution < -0.4 is 4.74 Å². The molecule has 5 nitrogen and oxygen atoms in total. The van der Waals surface area contributed by atoms with E-state index >= 15 is 0 Å². The minimum atomic E-state index is -0.541. The van der Waals surface area contributed by atoms with Gasteiger partial charge in [0.2, 0.25) is 11.7 Å². The molecule has 0 amide bonds. The van der Waals surface area contributed by atoms with E-state index in [1.165, 1.54) is 0 Å². The fraction of sp³-hybridized carbons (Fsp3) is 0.500. The second kappa shape index (κ2) is 6.72. The van der Waals surface area contributed by atoms with Crippen molar-refractivity contribution in [1.82, 2.24) is 10.1 Å². The van der Waals surface area contributed by atoms with Gasteiger partial charge in [0.25, 0.3) is 0 Å². The molecule has 21 heavy (non-hydrogen) atoms. The van der Waals surface area contributed by atoms with Crippen molar-refractivity contribution in [2.75, 3.05) is 6.61 Å². The highest BCUT2D eigenvalue weighted by molar-refractivity contribution is 5.63. The molecule has 2 atom stereocenters. The lowest BCUT2D eigenvalue weighted by Crippen LogP contribution is -2.20. The number of aliphatic hydroxyl groups is 1. The van der Waals surface area contributed by atoms with Crippen LogP contribution in [0, 0.1) is 5.92 Å². The van der Waals surface area contributed by atoms with Crippen LogP contribution in [0.15, 0.2) is 28.8 Å². The number of benzene rings is 1. The summed E-state index contributed by atoms with van der Waals surface area (Å²) in [4.78, 5) is 4.45. The molecule has 0 bridgehead atoms. The minimum absolute atomic E-state index is 0.175. The fourth-order valence-corrected chi connectivity index (χ4v) is 2.46. The molecule has 0 radical (unpaired) electrons. The smallest absolute Gasteiger partial charge is 0.232 e. The molecule has 0 saturated heterocycles. The van der Waals surface area contributed by atoms with Crippen LogP contribution in [0.1, 0.15) is 39.5 Å². The molecule has 0 aliphatic heterocycles. The molecule has 0 spiro atoms. The molecule has 0 aliphatic carbocycles. The van der Waals surface area contributed by atoms with Gasteiger partial charge in [0.1, 0.15) is 5.75 Å². The topological polar surface area (TPSA) is 68.4 Å². The Morgan fingerprint density at radius 3 is 2.57 bits per heavy atom. The normalized spacial score (nSPS) is 14.2. The van der Waals surface area contributed by atoms with Gasteiger partial charge in [-0.25, -0.2) is 0 Å². The van der Waals surface area contributed by atoms with Crippen molar-refractivity contribution in [2.45, 2.75) is 39.7 Å². The maximum Gasteiger partial charge on any atom is 0.232 e. The van der Waals surface area contributed by atoms with Crippen LogP contribution in [0.3, 0.4) is 0 Å². The molecule has 1 N–H and O–H groups in total. The second-order valence-corrected chi connectivity index (χ2v) is 5.40. The van der Waals surface area contributed by atoms with Crippen LogP contribution >= 0.6 is 0 Å². The van der Waals surface area contributed by atoms with E-state index in [1.54, 1.807) is 6.92 Å². The zero-order chi connectivity index (χ0) is 15.4. The summed E-state index contributed by atoms with van der Waals surface area (Å²) in [6.07, 6.45) is -0.541. The van der Waals surface area contributed by atoms with Gasteiger partial charge in [-0.15, -0.1) is 0 Å². The first kappa shape index (κ1) is 15.5. The van der Waals surface area contributed by atoms with Crippen LogP contribution in [-0.4, -0.2) is 28.0 Å². The Labute approximate surface area is 125 Å². The van der Waals surface area contributed by atoms with Gasteiger partial charge < -0.3 is 14.4 Å². The van der Waals surface area contributed by atoms with Crippen molar-refractivity contribution >= 4 is 0 Å². The molecular weight excluding hydrogens is 268 g/mol. The molecule has 0 fully saturated rings. The Bertz CT molecular complexity index is 570. The van der Waals surface area contributed by atoms with Gasteiger partial charge in [-0.05, 0) is 31.9 Å². The van der Waals surface area contributed by atoms with Gasteiger partial charge >= 0.3 is 0 Å². The third kappa shape index (κ3) is 3.42. The average molecular weight is 290 g/mol. The summed E-state index contributed by atoms with van der Waals surface area (Å²) in [6.45, 7) is 8.29. The summed E-state index contributed by atoms with van der Waals surface area (Å²) in [5.41, 5.74) is 0.794. The molecular formula is C16H22N2O3. The van der Waals surface area contributed by atoms with Gasteiger partial charge in [-0.2, -0.15) is 4.98 Å². The largest absolute Gasteiger partial charge is 0.493 e. The van der Waals surface area contributed by atoms with E-state index in [1.807, 2.05) is 45.0 Å². The summed E-state index contributed by atoms with van der Waals surface area (Å²) >= 11 is 0. The Hall–Kier alpha value is -1.88. The molecule has 2 unspecified atom stereocenters. The Kier molecular flexibility index (Phi) is 4.96. The SMILES string of the molecule is CCOc1ccccc1-c1noc(C(C(C)C)C(C)O)n1. The molecule has 1 aromatic carbocycles. The third-order valence-corrected chi connectivity index (χ3v) is 3.39. The molecule has 1 aromatic heterocycles. The number of nitrogens with zero attached hydrogens (tertiary/aromatic N) is 2. The lowest BCUT2D eigenvalue weighted by molar-refractivity contribution is 0.120. The molecule has 5 heteroatoms. The zero-order valence-corrected chi connectivity index (χ0v) is 12.9. The van der Waals surface area contributed by atoms with Gasteiger partial charge in [0.15, 0.2) is 0 Å². The van der Waals surface area contributed by atoms with Crippen LogP contribution in [0.2, 0.25) is 0 Å². The lowest BCUT2D eigenvalue weighted by Gasteiger charge is -2.19. The maximum absolute atomic E-state index is 9.90. The third-order valence-electron chi connectivity index (χ3n) is 3.39. The summed E-state index contributed by atoms with van der Waals surface area (Å²) in [7, 11) is 0. The lowest BCUT2D eigenvalue weighted by atomic mass is 9.91. The zero-order valence-electron chi connectivity index (χ0n) is 12.9. The van der Waals surface area contributed by atoms with E-state index in [9.17, 15) is 5.11 Å². The first-order valence-corrected chi connectivity index (χ1v) is 7.28. The van der Waals surface area contributed by atoms with Crippen molar-refractivity contribution in [3.05, 3.63) is 30.2 Å². The Morgan fingerprint density at radius 2 is 1.95 bits per heavy atom. The van der Waals surface area contributed by atoms with E-state index in [-0.39, 0.29) is 11.8 Å². The number of aromatic nitrogens is 2. The fourth-order valence-electron chi connectivity index (χ4n) is 2.46. The minimum Gasteiger partial charge on any atom is -0.493 e. The summed E-state index contributed by atoms with van der Waals surface area (Å²) in [5.74, 6) is 1.71. The monoisotopic (exact) mass is 290 g/mol. The number of hydrogen-bond donors (Lipinski definition) is 1. The first-order valence-electron chi connectivity index (χ1n) is 7.28. The standard InChI is InChI=1S/C16H22N2O3/c1-5-20-13-9-7-6-8-12(13)15-17-16(21-18-15)14(10(2)3)11(4)19/h6-11,14,19H,5H2,1-4H3. The summed E-state index contributed by atoms with van der Waals surface area (Å²) in [5, 5.41) is 13.9. The van der Waals surface area contributed by atoms with E-state index in [4.69, 9.17) is 9.26 Å². The van der Waals surface area contributed by atoms with Crippen molar-refractivity contribution in [3.8, 4) is 17.1 Å². The molecule has 1 heterocycles. The predicted octanol–water partition coefficient (Wildman–Crippen LogP) is 3.26. The predicted molar refractivity (Wildman–Crippen MR) is 80.2 cm³/mol. The molecule has 2 rings (SSSR count). The van der Waals surface area contributed by atoms with Crippen molar-refractivity contribution < 1.29 is 14.4 Å². The van der Waals surface area contributed by atoms with Crippen molar-refractivity contribution in [1.29, 1.82) is 0 Å². The van der Waals surface area contributed by atoms with Crippen LogP contribution in [-0.2, 0) is 0 Å². The number of para-hydroxylation sites is 1. The summed E-state index contributed by atoms with van der Waals surface area (Å²) < 4.78 is 10.9. The Balaban J connectivity index is 2.36. The highest BCUT2D eigenvalue weighted by Gasteiger charge is 2.27. The number of ether oxygens (including phenoxy) is 1. The first-order chi connectivity index (χ1) is 10.0. The van der Waals surface area contributed by atoms with E-state index in [0.29, 0.717) is 18.3 Å². The highest BCUT2D eigenvalue weighted by Crippen LogP contribution is 2.31. The van der Waals surface area contributed by atoms with Gasteiger partial charge in [-0.3, -0.25) is 0 Å². The van der Waals surface area contributed by atoms with Gasteiger partial charge in [0.05, 0.1) is 24.2 Å². The summed E-state index contributed by atoms with van der Waals surface area (Å²) in [6, 6.07) is 7.58. The van der Waals surface area contributed by atoms with E-state index in [2.05, 4.69) is 10.1 Å². The van der Waals surface area contributed by atoms with Crippen molar-refractivity contribution in [2.24, 2.45) is 5.92 Å². The number of rotatable bonds is 6. The highest BCUT2D eigenvalue weighted by atomic mass is 16.5. The van der Waals surface area contributed by atoms with Crippen molar-refractivity contribution in [3.63, 3.8) is 0 Å². The van der Waals surface area contributed by atoms with E-state index in [0.717, 1.165) is 11.3 Å². The molecule has 114 valence electrons. The van der Waals surface area contributed by atoms with E-state index < -0.39 is 6.10 Å². The van der Waals surface area contributed by atoms with Gasteiger partial charge in [0, 0.05) is 0 Å². The molecule has 0 aliphatic rings. The number of hydrogen-bond acceptors (Lipinski definition) is 5. The molecule has 0 saturated carbocycles. The van der Waals surface area contributed by atoms with Gasteiger partial charge in [-0.1, -0.05) is 31.1 Å². The van der Waals surface area contributed by atoms with Crippen LogP contribution in [0.4, 0.5) is 0 Å². The number of aliphatic hydroxyl groups excluding tert-OH is 1.